The summed E-state index contributed by atoms with van der Waals surface area (Å²) in [5.41, 5.74) is 5.08. The summed E-state index contributed by atoms with van der Waals surface area (Å²) >= 11 is 0. The van der Waals surface area contributed by atoms with Gasteiger partial charge in [-0.1, -0.05) is 66.7 Å². The van der Waals surface area contributed by atoms with Crippen molar-refractivity contribution in [1.82, 2.24) is 0 Å². The maximum absolute atomic E-state index is 13.3. The van der Waals surface area contributed by atoms with Crippen molar-refractivity contribution >= 4 is 28.7 Å². The van der Waals surface area contributed by atoms with Gasteiger partial charge in [0.05, 0.1) is 22.8 Å². The van der Waals surface area contributed by atoms with Gasteiger partial charge in [0.25, 0.3) is 5.91 Å². The topological polar surface area (TPSA) is 45.0 Å². The van der Waals surface area contributed by atoms with E-state index in [1.165, 1.54) is 5.01 Å². The molecule has 0 N–H and O–H groups in total. The average Bonchev–Trinajstić information content (AvgIpc) is 3.03. The number of aliphatic imine (C=N–C) groups is 1. The third kappa shape index (κ3) is 3.37. The fourth-order valence-corrected chi connectivity index (χ4v) is 3.36. The smallest absolute Gasteiger partial charge is 0.262 e. The number of nitrogens with zero attached hydrogens (tertiary/aromatic N) is 3. The van der Waals surface area contributed by atoms with Gasteiger partial charge in [-0.25, -0.2) is 0 Å². The maximum Gasteiger partial charge on any atom is 0.262 e. The molecule has 0 aliphatic carbocycles. The zero-order valence-corrected chi connectivity index (χ0v) is 15.9. The predicted octanol–water partition coefficient (Wildman–Crippen LogP) is 5.15. The van der Waals surface area contributed by atoms with Crippen LogP contribution in [0, 0.1) is 12.8 Å². The number of hydrogen-bond acceptors (Lipinski definition) is 3. The summed E-state index contributed by atoms with van der Waals surface area (Å²) in [4.78, 5) is 18.3. The third-order valence-corrected chi connectivity index (χ3v) is 4.83. The minimum Gasteiger partial charge on any atom is -0.271 e. The van der Waals surface area contributed by atoms with Crippen LogP contribution in [0.3, 0.4) is 0 Å². The highest BCUT2D eigenvalue weighted by molar-refractivity contribution is 6.32. The van der Waals surface area contributed by atoms with Crippen molar-refractivity contribution in [2.24, 2.45) is 16.0 Å². The van der Waals surface area contributed by atoms with Gasteiger partial charge in [-0.2, -0.15) is 10.1 Å². The number of amides is 1. The molecule has 4 nitrogen and oxygen atoms in total. The number of anilines is 1. The number of benzene rings is 3. The van der Waals surface area contributed by atoms with E-state index in [1.54, 1.807) is 0 Å². The van der Waals surface area contributed by atoms with Gasteiger partial charge in [-0.05, 0) is 43.2 Å². The Labute approximate surface area is 164 Å². The van der Waals surface area contributed by atoms with Crippen molar-refractivity contribution in [3.05, 3.63) is 96.1 Å². The number of aryl methyl sites for hydroxylation is 1. The molecule has 28 heavy (non-hydrogen) atoms. The standard InChI is InChI=1S/C24H21N3O/c1-17-11-9-10-16-21(17)25-23(19-12-5-3-6-13-19)22-18(2)26-27(24(22)28)20-14-7-4-8-15-20/h3-16,22H,1-2H3. The lowest BCUT2D eigenvalue weighted by Crippen LogP contribution is -2.33. The Bertz CT molecular complexity index is 1060. The summed E-state index contributed by atoms with van der Waals surface area (Å²) in [6.07, 6.45) is 0. The molecule has 0 bridgehead atoms. The van der Waals surface area contributed by atoms with Crippen LogP contribution in [0.15, 0.2) is 95.0 Å². The molecule has 0 fully saturated rings. The van der Waals surface area contributed by atoms with Gasteiger partial charge in [0.1, 0.15) is 5.92 Å². The van der Waals surface area contributed by atoms with E-state index in [-0.39, 0.29) is 5.91 Å². The van der Waals surface area contributed by atoms with Crippen LogP contribution in [0.1, 0.15) is 18.1 Å². The van der Waals surface area contributed by atoms with E-state index >= 15 is 0 Å². The van der Waals surface area contributed by atoms with E-state index in [0.29, 0.717) is 0 Å². The molecule has 1 aliphatic rings. The first-order valence-electron chi connectivity index (χ1n) is 9.29. The van der Waals surface area contributed by atoms with E-state index in [9.17, 15) is 4.79 Å². The van der Waals surface area contributed by atoms with E-state index in [4.69, 9.17) is 4.99 Å². The first-order chi connectivity index (χ1) is 13.6. The van der Waals surface area contributed by atoms with Crippen LogP contribution in [0.25, 0.3) is 0 Å². The molecule has 0 radical (unpaired) electrons. The summed E-state index contributed by atoms with van der Waals surface area (Å²) in [5.74, 6) is -0.595. The maximum atomic E-state index is 13.3. The lowest BCUT2D eigenvalue weighted by atomic mass is 9.92. The molecular formula is C24H21N3O. The lowest BCUT2D eigenvalue weighted by molar-refractivity contribution is -0.118. The van der Waals surface area contributed by atoms with Crippen molar-refractivity contribution in [3.8, 4) is 0 Å². The average molecular weight is 367 g/mol. The summed E-state index contributed by atoms with van der Waals surface area (Å²) in [6.45, 7) is 3.91. The van der Waals surface area contributed by atoms with Gasteiger partial charge in [-0.3, -0.25) is 9.79 Å². The first kappa shape index (κ1) is 17.9. The fourth-order valence-electron chi connectivity index (χ4n) is 3.36. The molecule has 1 aliphatic heterocycles. The Balaban J connectivity index is 1.81. The normalized spacial score (nSPS) is 17.0. The lowest BCUT2D eigenvalue weighted by Gasteiger charge is -2.17. The second-order valence-electron chi connectivity index (χ2n) is 6.81. The van der Waals surface area contributed by atoms with Crippen LogP contribution in [-0.2, 0) is 4.79 Å². The highest BCUT2D eigenvalue weighted by atomic mass is 16.2. The SMILES string of the molecule is CC1=NN(c2ccccc2)C(=O)C1C(=Nc1ccccc1C)c1ccccc1. The van der Waals surface area contributed by atoms with Gasteiger partial charge < -0.3 is 0 Å². The van der Waals surface area contributed by atoms with E-state index in [0.717, 1.165) is 33.9 Å². The third-order valence-electron chi connectivity index (χ3n) is 4.83. The Kier molecular flexibility index (Phi) is 4.85. The Morgan fingerprint density at radius 2 is 1.46 bits per heavy atom. The predicted molar refractivity (Wildman–Crippen MR) is 114 cm³/mol. The molecule has 0 saturated heterocycles. The highest BCUT2D eigenvalue weighted by Crippen LogP contribution is 2.29. The minimum absolute atomic E-state index is 0.0834. The Morgan fingerprint density at radius 3 is 2.14 bits per heavy atom. The van der Waals surface area contributed by atoms with E-state index in [1.807, 2.05) is 98.8 Å². The van der Waals surface area contributed by atoms with Crippen LogP contribution >= 0.6 is 0 Å². The molecule has 1 amide bonds. The van der Waals surface area contributed by atoms with Crippen molar-refractivity contribution in [1.29, 1.82) is 0 Å². The van der Waals surface area contributed by atoms with Gasteiger partial charge in [0.15, 0.2) is 0 Å². The summed E-state index contributed by atoms with van der Waals surface area (Å²) < 4.78 is 0. The van der Waals surface area contributed by atoms with Crippen LogP contribution in [0.2, 0.25) is 0 Å². The van der Waals surface area contributed by atoms with Crippen LogP contribution in [-0.4, -0.2) is 17.3 Å². The largest absolute Gasteiger partial charge is 0.271 e. The van der Waals surface area contributed by atoms with Crippen molar-refractivity contribution in [3.63, 3.8) is 0 Å². The summed E-state index contributed by atoms with van der Waals surface area (Å²) in [6, 6.07) is 27.3. The summed E-state index contributed by atoms with van der Waals surface area (Å²) in [5, 5.41) is 6.03. The monoisotopic (exact) mass is 367 g/mol. The Hall–Kier alpha value is -3.53. The molecule has 0 spiro atoms. The molecule has 138 valence electrons. The van der Waals surface area contributed by atoms with Crippen molar-refractivity contribution < 1.29 is 4.79 Å². The van der Waals surface area contributed by atoms with Crippen LogP contribution in [0.5, 0.6) is 0 Å². The Morgan fingerprint density at radius 1 is 0.857 bits per heavy atom. The van der Waals surface area contributed by atoms with Crippen LogP contribution < -0.4 is 5.01 Å². The van der Waals surface area contributed by atoms with Gasteiger partial charge in [0, 0.05) is 0 Å². The number of carbonyl (C=O) groups is 1. The molecule has 0 saturated carbocycles. The van der Waals surface area contributed by atoms with Gasteiger partial charge in [0.2, 0.25) is 0 Å². The molecule has 1 atom stereocenters. The minimum atomic E-state index is -0.512. The van der Waals surface area contributed by atoms with Gasteiger partial charge >= 0.3 is 0 Å². The number of para-hydroxylation sites is 2. The molecule has 0 aromatic heterocycles. The quantitative estimate of drug-likeness (QED) is 0.588. The number of hydrazone groups is 1. The number of carbonyl (C=O) groups excluding carboxylic acids is 1. The molecule has 1 heterocycles. The van der Waals surface area contributed by atoms with Crippen LogP contribution in [0.4, 0.5) is 11.4 Å². The first-order valence-corrected chi connectivity index (χ1v) is 9.29. The number of hydrogen-bond donors (Lipinski definition) is 0. The van der Waals surface area contributed by atoms with E-state index in [2.05, 4.69) is 5.10 Å². The molecule has 4 rings (SSSR count). The molecular weight excluding hydrogens is 346 g/mol. The van der Waals surface area contributed by atoms with E-state index < -0.39 is 5.92 Å². The highest BCUT2D eigenvalue weighted by Gasteiger charge is 2.38. The van der Waals surface area contributed by atoms with Crippen molar-refractivity contribution in [2.75, 3.05) is 5.01 Å². The molecule has 3 aromatic carbocycles. The molecule has 4 heteroatoms. The van der Waals surface area contributed by atoms with Crippen molar-refractivity contribution in [2.45, 2.75) is 13.8 Å². The fraction of sp³-hybridized carbons (Fsp3) is 0.125. The summed E-state index contributed by atoms with van der Waals surface area (Å²) in [7, 11) is 0. The van der Waals surface area contributed by atoms with Gasteiger partial charge in [-0.15, -0.1) is 0 Å². The second kappa shape index (κ2) is 7.61. The zero-order chi connectivity index (χ0) is 19.5. The molecule has 1 unspecified atom stereocenters. The zero-order valence-electron chi connectivity index (χ0n) is 15.9. The number of rotatable bonds is 4. The second-order valence-corrected chi connectivity index (χ2v) is 6.81. The molecule has 3 aromatic rings.